The largest absolute Gasteiger partial charge is 0.491 e. The van der Waals surface area contributed by atoms with Gasteiger partial charge in [0.05, 0.1) is 12.3 Å². The third-order valence-electron chi connectivity index (χ3n) is 6.57. The quantitative estimate of drug-likeness (QED) is 0.406. The van der Waals surface area contributed by atoms with Gasteiger partial charge in [0.1, 0.15) is 11.9 Å². The van der Waals surface area contributed by atoms with Crippen LogP contribution in [-0.4, -0.2) is 68.4 Å². The molecule has 8 heteroatoms. The van der Waals surface area contributed by atoms with Gasteiger partial charge < -0.3 is 19.3 Å². The van der Waals surface area contributed by atoms with Crippen molar-refractivity contribution in [2.24, 2.45) is 5.92 Å². The number of likely N-dealkylation sites (N-methyl/N-ethyl adjacent to an activating group) is 1. The Morgan fingerprint density at radius 3 is 2.52 bits per heavy atom. The third-order valence-corrected chi connectivity index (χ3v) is 6.57. The lowest BCUT2D eigenvalue weighted by Gasteiger charge is -2.38. The summed E-state index contributed by atoms with van der Waals surface area (Å²) in [7, 11) is 2.18. The van der Waals surface area contributed by atoms with Gasteiger partial charge in [0.15, 0.2) is 0 Å². The van der Waals surface area contributed by atoms with Crippen LogP contribution in [0.1, 0.15) is 58.3 Å². The van der Waals surface area contributed by atoms with Crippen LogP contribution >= 0.6 is 24.8 Å². The normalized spacial score (nSPS) is 21.4. The van der Waals surface area contributed by atoms with Crippen LogP contribution in [0.15, 0.2) is 24.3 Å². The van der Waals surface area contributed by atoms with Crippen molar-refractivity contribution < 1.29 is 14.3 Å². The highest BCUT2D eigenvalue weighted by Crippen LogP contribution is 2.29. The Hall–Kier alpha value is -1.21. The van der Waals surface area contributed by atoms with E-state index in [9.17, 15) is 4.79 Å². The molecule has 2 fully saturated rings. The summed E-state index contributed by atoms with van der Waals surface area (Å²) in [4.78, 5) is 17.6. The standard InChI is InChI=1S/C25H41N3O3.2ClH/c1-3-4-5-10-19-30-24-14-9-7-12-22(24)26-25(29)31-23-13-8-6-11-21(23)20-28-17-15-27(2)16-18-28;;/h7,9,12,14,21,23H,3-6,8,10-11,13,15-20H2,1-2H3,(H,26,29);2*1H/t21-,23+;;/m1../s1. The van der Waals surface area contributed by atoms with Crippen LogP contribution in [0.4, 0.5) is 10.5 Å². The van der Waals surface area contributed by atoms with Crippen molar-refractivity contribution in [3.05, 3.63) is 24.3 Å². The van der Waals surface area contributed by atoms with Crippen LogP contribution in [0.3, 0.4) is 0 Å². The Morgan fingerprint density at radius 2 is 1.76 bits per heavy atom. The summed E-state index contributed by atoms with van der Waals surface area (Å²) in [5.41, 5.74) is 0.689. The Labute approximate surface area is 212 Å². The summed E-state index contributed by atoms with van der Waals surface area (Å²) in [5.74, 6) is 1.14. The van der Waals surface area contributed by atoms with Crippen LogP contribution in [-0.2, 0) is 4.74 Å². The van der Waals surface area contributed by atoms with Crippen molar-refractivity contribution in [3.8, 4) is 5.75 Å². The highest BCUT2D eigenvalue weighted by atomic mass is 35.5. The maximum atomic E-state index is 12.7. The monoisotopic (exact) mass is 503 g/mol. The fourth-order valence-electron chi connectivity index (χ4n) is 4.58. The molecule has 0 radical (unpaired) electrons. The maximum absolute atomic E-state index is 12.7. The van der Waals surface area contributed by atoms with Gasteiger partial charge in [0, 0.05) is 38.6 Å². The number of amides is 1. The second-order valence-corrected chi connectivity index (χ2v) is 9.12. The minimum atomic E-state index is -0.364. The number of benzene rings is 1. The highest BCUT2D eigenvalue weighted by molar-refractivity contribution is 5.86. The van der Waals surface area contributed by atoms with Crippen LogP contribution < -0.4 is 10.1 Å². The van der Waals surface area contributed by atoms with E-state index in [0.29, 0.717) is 24.0 Å². The molecule has 1 heterocycles. The molecule has 1 aliphatic carbocycles. The second-order valence-electron chi connectivity index (χ2n) is 9.12. The number of ether oxygens (including phenoxy) is 2. The van der Waals surface area contributed by atoms with E-state index < -0.39 is 0 Å². The van der Waals surface area contributed by atoms with Crippen LogP contribution in [0.25, 0.3) is 0 Å². The second kappa shape index (κ2) is 16.4. The molecule has 33 heavy (non-hydrogen) atoms. The lowest BCUT2D eigenvalue weighted by atomic mass is 9.86. The molecule has 2 aliphatic rings. The lowest BCUT2D eigenvalue weighted by Crippen LogP contribution is -2.48. The van der Waals surface area contributed by atoms with Crippen molar-refractivity contribution >= 4 is 36.6 Å². The first-order valence-electron chi connectivity index (χ1n) is 12.3. The number of hydrogen-bond acceptors (Lipinski definition) is 5. The zero-order valence-corrected chi connectivity index (χ0v) is 21.9. The summed E-state index contributed by atoms with van der Waals surface area (Å²) < 4.78 is 11.9. The van der Waals surface area contributed by atoms with Gasteiger partial charge in [-0.25, -0.2) is 4.79 Å². The first-order valence-corrected chi connectivity index (χ1v) is 12.3. The summed E-state index contributed by atoms with van der Waals surface area (Å²) >= 11 is 0. The molecule has 0 aromatic heterocycles. The molecule has 1 aliphatic heterocycles. The molecule has 1 amide bonds. The number of nitrogens with one attached hydrogen (secondary N) is 1. The molecule has 190 valence electrons. The first kappa shape index (κ1) is 29.8. The number of piperazine rings is 1. The van der Waals surface area contributed by atoms with E-state index >= 15 is 0 Å². The maximum Gasteiger partial charge on any atom is 0.412 e. The minimum Gasteiger partial charge on any atom is -0.491 e. The summed E-state index contributed by atoms with van der Waals surface area (Å²) in [6.07, 6.45) is 8.74. The van der Waals surface area contributed by atoms with Gasteiger partial charge in [-0.3, -0.25) is 5.32 Å². The Balaban J connectivity index is 0.00000272. The van der Waals surface area contributed by atoms with Gasteiger partial charge in [0.25, 0.3) is 0 Å². The van der Waals surface area contributed by atoms with Crippen molar-refractivity contribution in [1.82, 2.24) is 9.80 Å². The van der Waals surface area contributed by atoms with E-state index in [-0.39, 0.29) is 37.0 Å². The summed E-state index contributed by atoms with van der Waals surface area (Å²) in [5, 5.41) is 2.93. The van der Waals surface area contributed by atoms with E-state index in [1.807, 2.05) is 24.3 Å². The molecular formula is C25H43Cl2N3O3. The number of rotatable bonds is 10. The van der Waals surface area contributed by atoms with Crippen molar-refractivity contribution in [3.63, 3.8) is 0 Å². The van der Waals surface area contributed by atoms with E-state index in [0.717, 1.165) is 58.4 Å². The number of halogens is 2. The molecule has 1 aromatic rings. The van der Waals surface area contributed by atoms with E-state index in [1.54, 1.807) is 0 Å². The number of para-hydroxylation sites is 2. The van der Waals surface area contributed by atoms with Gasteiger partial charge in [-0.15, -0.1) is 24.8 Å². The molecule has 0 bridgehead atoms. The Bertz CT molecular complexity index is 672. The molecular weight excluding hydrogens is 461 g/mol. The lowest BCUT2D eigenvalue weighted by molar-refractivity contribution is 0.0222. The average Bonchev–Trinajstić information content (AvgIpc) is 2.77. The molecule has 2 atom stereocenters. The van der Waals surface area contributed by atoms with Crippen molar-refractivity contribution in [2.45, 2.75) is 64.4 Å². The fraction of sp³-hybridized carbons (Fsp3) is 0.720. The van der Waals surface area contributed by atoms with Gasteiger partial charge in [-0.1, -0.05) is 44.7 Å². The highest BCUT2D eigenvalue weighted by Gasteiger charge is 2.30. The topological polar surface area (TPSA) is 54.0 Å². The summed E-state index contributed by atoms with van der Waals surface area (Å²) in [6.45, 7) is 8.35. The van der Waals surface area contributed by atoms with Crippen molar-refractivity contribution in [2.75, 3.05) is 51.7 Å². The molecule has 0 spiro atoms. The predicted molar refractivity (Wildman–Crippen MR) is 140 cm³/mol. The molecule has 0 unspecified atom stereocenters. The van der Waals surface area contributed by atoms with E-state index in [4.69, 9.17) is 9.47 Å². The molecule has 1 saturated heterocycles. The predicted octanol–water partition coefficient (Wildman–Crippen LogP) is 5.84. The van der Waals surface area contributed by atoms with Crippen LogP contribution in [0.2, 0.25) is 0 Å². The third kappa shape index (κ3) is 10.3. The Kier molecular flexibility index (Phi) is 14.8. The number of carbonyl (C=O) groups is 1. The zero-order valence-electron chi connectivity index (χ0n) is 20.3. The molecule has 3 rings (SSSR count). The van der Waals surface area contributed by atoms with Gasteiger partial charge in [0.2, 0.25) is 0 Å². The van der Waals surface area contributed by atoms with Crippen LogP contribution in [0, 0.1) is 5.92 Å². The van der Waals surface area contributed by atoms with Gasteiger partial charge in [-0.2, -0.15) is 0 Å². The number of hydrogen-bond donors (Lipinski definition) is 1. The minimum absolute atomic E-state index is 0. The number of anilines is 1. The SMILES string of the molecule is CCCCCCOc1ccccc1NC(=O)O[C@H]1CCCC[C@@H]1CN1CCN(C)CC1.Cl.Cl. The van der Waals surface area contributed by atoms with Crippen LogP contribution in [0.5, 0.6) is 5.75 Å². The smallest absolute Gasteiger partial charge is 0.412 e. The van der Waals surface area contributed by atoms with Gasteiger partial charge >= 0.3 is 6.09 Å². The number of unbranched alkanes of at least 4 members (excludes halogenated alkanes) is 3. The first-order chi connectivity index (χ1) is 15.2. The summed E-state index contributed by atoms with van der Waals surface area (Å²) in [6, 6.07) is 7.64. The zero-order chi connectivity index (χ0) is 21.9. The molecule has 1 N–H and O–H groups in total. The van der Waals surface area contributed by atoms with Gasteiger partial charge in [-0.05, 0) is 44.9 Å². The molecule has 1 saturated carbocycles. The molecule has 1 aromatic carbocycles. The number of nitrogens with zero attached hydrogens (tertiary/aromatic N) is 2. The Morgan fingerprint density at radius 1 is 1.03 bits per heavy atom. The average molecular weight is 505 g/mol. The van der Waals surface area contributed by atoms with Crippen molar-refractivity contribution in [1.29, 1.82) is 0 Å². The van der Waals surface area contributed by atoms with E-state index in [1.165, 1.54) is 25.7 Å². The fourth-order valence-corrected chi connectivity index (χ4v) is 4.58. The van der Waals surface area contributed by atoms with E-state index in [2.05, 4.69) is 29.1 Å². The number of carbonyl (C=O) groups excluding carboxylic acids is 1. The molecule has 6 nitrogen and oxygen atoms in total.